The van der Waals surface area contributed by atoms with Crippen LogP contribution < -0.4 is 0 Å². The third-order valence-electron chi connectivity index (χ3n) is 15.7. The molecule has 0 saturated heterocycles. The van der Waals surface area contributed by atoms with Gasteiger partial charge in [0, 0.05) is 69.6 Å². The maximum absolute atomic E-state index is 11.6. The van der Waals surface area contributed by atoms with Crippen molar-refractivity contribution >= 4 is 252 Å². The SMILES string of the molecule is C.C.CC(C)(Br)C(=O)OCCS.CCl.CCl.CCl.CCl.CCl.CCl.CCl.CCl.CCl.CCl.CSCCCCCCCCCCCCCCCCCCOC(=O)C(C)(C)Br.CSCCCCCCCCCCCCCCCCCCOC(=O)C(C)(C)Br.CSCCCCCCCCCCCCCCCCCCOC(=O)C(C)(C)Br. The Hall–Kier alpha value is 4.10. The quantitative estimate of drug-likeness (QED) is 0.0207. The second-order valence-electron chi connectivity index (χ2n) is 27.1. The minimum absolute atomic E-state index is 0. The lowest BCUT2D eigenvalue weighted by Crippen LogP contribution is -2.27. The number of thioether (sulfide) groups is 3. The Labute approximate surface area is 808 Å². The highest BCUT2D eigenvalue weighted by Gasteiger charge is 2.27. The van der Waals surface area contributed by atoms with Gasteiger partial charge < -0.3 is 18.9 Å². The summed E-state index contributed by atoms with van der Waals surface area (Å²) >= 11 is 69.4. The molecule has 8 nitrogen and oxygen atoms in total. The fourth-order valence-electron chi connectivity index (χ4n) is 9.79. The summed E-state index contributed by atoms with van der Waals surface area (Å²) in [5, 5.41) is 0. The van der Waals surface area contributed by atoms with Gasteiger partial charge in [0.25, 0.3) is 0 Å². The molecular formula is C87H184Br4Cl10O8S4. The normalized spacial score (nSPS) is 9.91. The summed E-state index contributed by atoms with van der Waals surface area (Å²) in [5.74, 6) is 3.86. The second kappa shape index (κ2) is 145. The first kappa shape index (κ1) is 154. The maximum atomic E-state index is 11.6. The van der Waals surface area contributed by atoms with Gasteiger partial charge in [-0.3, -0.25) is 19.2 Å². The van der Waals surface area contributed by atoms with Crippen LogP contribution in [0.2, 0.25) is 0 Å². The zero-order valence-electron chi connectivity index (χ0n) is 74.8. The summed E-state index contributed by atoms with van der Waals surface area (Å²) in [6.07, 6.45) is 86.9. The standard InChI is InChI=1S/3C23H45BrO2S.C6H11BrO2S.10CH3Cl.2CH4/c3*1-23(2,24)22(25)26-20-18-16-14-12-10-8-6-4-5-7-9-11-13-15-17-19-21-27-3;1-6(2,7)5(8)9-3-4-10;10*1-2;;/h3*4-21H2,1-3H3;10H,3-4H2,1-2H3;10*1H3;2*1H4. The lowest BCUT2D eigenvalue weighted by atomic mass is 10.0. The first-order chi connectivity index (χ1) is 53.4. The van der Waals surface area contributed by atoms with Crippen LogP contribution in [-0.4, -0.2) is 173 Å². The van der Waals surface area contributed by atoms with Crippen molar-refractivity contribution in [3.63, 3.8) is 0 Å². The molecule has 0 spiro atoms. The van der Waals surface area contributed by atoms with E-state index in [1.54, 1.807) is 13.8 Å². The van der Waals surface area contributed by atoms with Gasteiger partial charge in [-0.1, -0.05) is 348 Å². The summed E-state index contributed by atoms with van der Waals surface area (Å²) in [4.78, 5) is 45.7. The number of ether oxygens (including phenoxy) is 4. The summed E-state index contributed by atoms with van der Waals surface area (Å²) in [7, 11) is 0. The van der Waals surface area contributed by atoms with E-state index in [1.165, 1.54) is 370 Å². The molecule has 0 fully saturated rings. The molecule has 0 N–H and O–H groups in total. The van der Waals surface area contributed by atoms with Crippen LogP contribution in [-0.2, 0) is 38.1 Å². The molecule has 0 rings (SSSR count). The molecule has 113 heavy (non-hydrogen) atoms. The van der Waals surface area contributed by atoms with Crippen LogP contribution in [0.1, 0.15) is 378 Å². The van der Waals surface area contributed by atoms with E-state index in [-0.39, 0.29) is 38.7 Å². The maximum Gasteiger partial charge on any atom is 0.322 e. The number of rotatable bonds is 63. The van der Waals surface area contributed by atoms with Crippen molar-refractivity contribution in [1.29, 1.82) is 0 Å². The number of alkyl halides is 14. The van der Waals surface area contributed by atoms with Gasteiger partial charge in [-0.2, -0.15) is 47.9 Å². The van der Waals surface area contributed by atoms with Crippen molar-refractivity contribution < 1.29 is 38.1 Å². The minimum Gasteiger partial charge on any atom is -0.465 e. The average molecular weight is 2160 g/mol. The minimum atomic E-state index is -0.573. The predicted octanol–water partition coefficient (Wildman–Crippen LogP) is 36.4. The number of carbonyl (C=O) groups excluding carboxylic acids is 4. The van der Waals surface area contributed by atoms with E-state index in [2.05, 4.69) is 211 Å². The smallest absolute Gasteiger partial charge is 0.322 e. The number of halogens is 14. The molecule has 0 unspecified atom stereocenters. The topological polar surface area (TPSA) is 105 Å². The molecule has 702 valence electrons. The molecule has 0 aromatic carbocycles. The van der Waals surface area contributed by atoms with E-state index in [4.69, 9.17) is 18.9 Å². The highest BCUT2D eigenvalue weighted by Crippen LogP contribution is 2.23. The Morgan fingerprint density at radius 2 is 0.319 bits per heavy atom. The first-order valence-electron chi connectivity index (χ1n) is 40.7. The fraction of sp³-hybridized carbons (Fsp3) is 0.954. The van der Waals surface area contributed by atoms with Crippen molar-refractivity contribution in [2.75, 3.05) is 132 Å². The summed E-state index contributed by atoms with van der Waals surface area (Å²) in [6, 6.07) is 0. The number of thiol groups is 1. The van der Waals surface area contributed by atoms with E-state index >= 15 is 0 Å². The Bertz CT molecular complexity index is 1440. The number of carbonyl (C=O) groups is 4. The largest absolute Gasteiger partial charge is 0.465 e. The molecule has 26 heteroatoms. The molecule has 0 aromatic heterocycles. The van der Waals surface area contributed by atoms with Crippen molar-refractivity contribution in [3.05, 3.63) is 0 Å². The van der Waals surface area contributed by atoms with Gasteiger partial charge in [-0.15, -0.1) is 116 Å². The second-order valence-corrected chi connectivity index (χ2v) is 38.4. The molecule has 0 atom stereocenters. The van der Waals surface area contributed by atoms with Gasteiger partial charge in [-0.25, -0.2) is 0 Å². The van der Waals surface area contributed by atoms with E-state index < -0.39 is 17.3 Å². The number of hydrogen-bond donors (Lipinski definition) is 1. The van der Waals surface area contributed by atoms with E-state index in [1.807, 2.05) is 76.8 Å². The lowest BCUT2D eigenvalue weighted by Gasteiger charge is -2.14. The zero-order valence-corrected chi connectivity index (χ0v) is 92.1. The number of esters is 4. The van der Waals surface area contributed by atoms with Crippen molar-refractivity contribution in [1.82, 2.24) is 0 Å². The van der Waals surface area contributed by atoms with Crippen molar-refractivity contribution in [3.8, 4) is 0 Å². The van der Waals surface area contributed by atoms with Gasteiger partial charge >= 0.3 is 23.9 Å². The van der Waals surface area contributed by atoms with Crippen LogP contribution in [0.15, 0.2) is 0 Å². The van der Waals surface area contributed by atoms with E-state index in [0.29, 0.717) is 32.2 Å². The summed E-state index contributed by atoms with van der Waals surface area (Å²) in [6.45, 7) is 16.5. The van der Waals surface area contributed by atoms with Gasteiger partial charge in [0.05, 0.1) is 19.8 Å². The van der Waals surface area contributed by atoms with Crippen LogP contribution in [0.5, 0.6) is 0 Å². The molecule has 0 radical (unpaired) electrons. The van der Waals surface area contributed by atoms with Gasteiger partial charge in [-0.05, 0) is 130 Å². The van der Waals surface area contributed by atoms with Gasteiger partial charge in [0.2, 0.25) is 0 Å². The fourth-order valence-corrected chi connectivity index (χ4v) is 11.8. The molecule has 0 amide bonds. The van der Waals surface area contributed by atoms with E-state index in [9.17, 15) is 19.2 Å². The molecule has 0 heterocycles. The zero-order chi connectivity index (χ0) is 88.9. The van der Waals surface area contributed by atoms with Crippen LogP contribution in [0.25, 0.3) is 0 Å². The average Bonchev–Trinajstić information content (AvgIpc) is 0.934. The number of hydrogen-bond acceptors (Lipinski definition) is 12. The molecule has 0 aliphatic carbocycles. The van der Waals surface area contributed by atoms with Crippen LogP contribution in [0.3, 0.4) is 0 Å². The van der Waals surface area contributed by atoms with Gasteiger partial charge in [0.1, 0.15) is 23.9 Å². The highest BCUT2D eigenvalue weighted by atomic mass is 79.9. The first-order valence-corrected chi connectivity index (χ1v) is 56.3. The predicted molar refractivity (Wildman–Crippen MR) is 558 cm³/mol. The van der Waals surface area contributed by atoms with Crippen LogP contribution in [0.4, 0.5) is 0 Å². The monoisotopic (exact) mass is 2150 g/mol. The third kappa shape index (κ3) is 167. The summed E-state index contributed by atoms with van der Waals surface area (Å²) in [5.41, 5.74) is 0. The Kier molecular flexibility index (Phi) is 198. The van der Waals surface area contributed by atoms with Crippen molar-refractivity contribution in [2.45, 2.75) is 396 Å². The lowest BCUT2D eigenvalue weighted by molar-refractivity contribution is -0.146. The molecule has 0 aliphatic rings. The molecule has 0 saturated carbocycles. The van der Waals surface area contributed by atoms with E-state index in [0.717, 1.165) is 19.3 Å². The Morgan fingerprint density at radius 3 is 0.416 bits per heavy atom. The van der Waals surface area contributed by atoms with Crippen LogP contribution in [0, 0.1) is 0 Å². The molecule has 0 bridgehead atoms. The summed E-state index contributed by atoms with van der Waals surface area (Å²) < 4.78 is 18.3. The van der Waals surface area contributed by atoms with Gasteiger partial charge in [0.15, 0.2) is 0 Å². The molecular weight excluding hydrogens is 1980 g/mol. The van der Waals surface area contributed by atoms with Crippen LogP contribution >= 0.6 is 228 Å². The Balaban J connectivity index is -0.0000000751. The van der Waals surface area contributed by atoms with Crippen molar-refractivity contribution in [2.24, 2.45) is 0 Å². The third-order valence-corrected chi connectivity index (χ3v) is 19.3. The molecule has 0 aliphatic heterocycles. The number of unbranched alkanes of at least 4 members (excludes halogenated alkanes) is 45. The molecule has 0 aromatic rings. The highest BCUT2D eigenvalue weighted by molar-refractivity contribution is 9.10. The Morgan fingerprint density at radius 1 is 0.221 bits per heavy atom.